The second-order valence-electron chi connectivity index (χ2n) is 4.88. The maximum atomic E-state index is 13.3. The summed E-state index contributed by atoms with van der Waals surface area (Å²) < 4.78 is 26.3. The van der Waals surface area contributed by atoms with Crippen molar-refractivity contribution in [3.8, 4) is 0 Å². The van der Waals surface area contributed by atoms with Crippen LogP contribution in [0, 0.1) is 25.5 Å². The second kappa shape index (κ2) is 6.11. The zero-order chi connectivity index (χ0) is 14.9. The Balaban J connectivity index is 2.25. The minimum absolute atomic E-state index is 0.146. The summed E-state index contributed by atoms with van der Waals surface area (Å²) in [5.74, 6) is -1.90. The summed E-state index contributed by atoms with van der Waals surface area (Å²) in [6.07, 6.45) is 0.507. The van der Waals surface area contributed by atoms with Gasteiger partial charge in [-0.3, -0.25) is 0 Å². The van der Waals surface area contributed by atoms with Gasteiger partial charge in [-0.15, -0.1) is 11.6 Å². The lowest BCUT2D eigenvalue weighted by Crippen LogP contribution is -2.00. The van der Waals surface area contributed by atoms with Gasteiger partial charge in [-0.25, -0.2) is 8.78 Å². The molecule has 0 aliphatic rings. The van der Waals surface area contributed by atoms with Gasteiger partial charge in [0, 0.05) is 5.02 Å². The van der Waals surface area contributed by atoms with Crippen molar-refractivity contribution in [3.63, 3.8) is 0 Å². The van der Waals surface area contributed by atoms with E-state index in [1.807, 2.05) is 32.0 Å². The van der Waals surface area contributed by atoms with E-state index in [1.54, 1.807) is 0 Å². The molecule has 0 saturated carbocycles. The van der Waals surface area contributed by atoms with Crippen molar-refractivity contribution in [2.24, 2.45) is 0 Å². The number of hydrogen-bond acceptors (Lipinski definition) is 0. The Morgan fingerprint density at radius 1 is 1.00 bits per heavy atom. The van der Waals surface area contributed by atoms with Crippen LogP contribution in [-0.4, -0.2) is 0 Å². The molecular weight excluding hydrogens is 301 g/mol. The van der Waals surface area contributed by atoms with Crippen LogP contribution in [0.25, 0.3) is 0 Å². The van der Waals surface area contributed by atoms with E-state index >= 15 is 0 Å². The first-order valence-corrected chi connectivity index (χ1v) is 7.04. The first-order chi connectivity index (χ1) is 9.38. The highest BCUT2D eigenvalue weighted by Gasteiger charge is 2.16. The normalized spacial score (nSPS) is 12.5. The minimum Gasteiger partial charge on any atom is -0.204 e. The molecule has 0 amide bonds. The number of halogens is 4. The van der Waals surface area contributed by atoms with Crippen molar-refractivity contribution in [2.75, 3.05) is 0 Å². The molecule has 0 spiro atoms. The van der Waals surface area contributed by atoms with Gasteiger partial charge in [0.2, 0.25) is 0 Å². The van der Waals surface area contributed by atoms with Gasteiger partial charge < -0.3 is 0 Å². The molecule has 1 unspecified atom stereocenters. The molecule has 0 fully saturated rings. The topological polar surface area (TPSA) is 0 Å². The molecule has 0 radical (unpaired) electrons. The van der Waals surface area contributed by atoms with Gasteiger partial charge >= 0.3 is 0 Å². The van der Waals surface area contributed by atoms with Crippen molar-refractivity contribution < 1.29 is 8.78 Å². The largest absolute Gasteiger partial charge is 0.204 e. The SMILES string of the molecule is Cc1ccc(CC(Cl)c2cc(F)c(F)cc2Cl)cc1C. The van der Waals surface area contributed by atoms with Crippen LogP contribution < -0.4 is 0 Å². The maximum Gasteiger partial charge on any atom is 0.160 e. The zero-order valence-electron chi connectivity index (χ0n) is 11.2. The van der Waals surface area contributed by atoms with Crippen molar-refractivity contribution in [3.05, 3.63) is 69.2 Å². The molecule has 2 aromatic carbocycles. The van der Waals surface area contributed by atoms with Crippen LogP contribution in [0.2, 0.25) is 5.02 Å². The lowest BCUT2D eigenvalue weighted by atomic mass is 10.00. The van der Waals surface area contributed by atoms with Gasteiger partial charge in [0.1, 0.15) is 0 Å². The van der Waals surface area contributed by atoms with Crippen LogP contribution in [0.1, 0.15) is 27.6 Å². The number of alkyl halides is 1. The monoisotopic (exact) mass is 314 g/mol. The predicted octanol–water partition coefficient (Wildman–Crippen LogP) is 5.76. The quantitative estimate of drug-likeness (QED) is 0.499. The third kappa shape index (κ3) is 3.31. The number of rotatable bonds is 3. The molecule has 106 valence electrons. The van der Waals surface area contributed by atoms with E-state index in [2.05, 4.69) is 0 Å². The second-order valence-corrected chi connectivity index (χ2v) is 5.81. The van der Waals surface area contributed by atoms with Gasteiger partial charge in [-0.1, -0.05) is 29.8 Å². The zero-order valence-corrected chi connectivity index (χ0v) is 12.7. The molecule has 0 aliphatic carbocycles. The summed E-state index contributed by atoms with van der Waals surface area (Å²) in [6, 6.07) is 8.06. The Hall–Kier alpha value is -1.12. The third-order valence-corrected chi connectivity index (χ3v) is 4.08. The van der Waals surface area contributed by atoms with Crippen molar-refractivity contribution in [2.45, 2.75) is 25.6 Å². The highest BCUT2D eigenvalue weighted by atomic mass is 35.5. The Morgan fingerprint density at radius 2 is 1.65 bits per heavy atom. The lowest BCUT2D eigenvalue weighted by Gasteiger charge is -2.13. The molecule has 0 aromatic heterocycles. The van der Waals surface area contributed by atoms with Crippen molar-refractivity contribution in [1.29, 1.82) is 0 Å². The lowest BCUT2D eigenvalue weighted by molar-refractivity contribution is 0.507. The first kappa shape index (κ1) is 15.3. The molecule has 0 heterocycles. The molecule has 0 nitrogen and oxygen atoms in total. The fraction of sp³-hybridized carbons (Fsp3) is 0.250. The Labute approximate surface area is 127 Å². The van der Waals surface area contributed by atoms with Gasteiger partial charge in [0.15, 0.2) is 11.6 Å². The third-order valence-electron chi connectivity index (χ3n) is 3.36. The number of hydrogen-bond donors (Lipinski definition) is 0. The average Bonchev–Trinajstić information content (AvgIpc) is 2.38. The van der Waals surface area contributed by atoms with Gasteiger partial charge in [-0.2, -0.15) is 0 Å². The molecule has 0 bridgehead atoms. The highest BCUT2D eigenvalue weighted by molar-refractivity contribution is 6.32. The standard InChI is InChI=1S/C16H14Cl2F2/c1-9-3-4-11(5-10(9)2)6-13(17)12-7-15(19)16(20)8-14(12)18/h3-5,7-8,13H,6H2,1-2H3. The predicted molar refractivity (Wildman–Crippen MR) is 79.6 cm³/mol. The number of aryl methyl sites for hydroxylation is 2. The Kier molecular flexibility index (Phi) is 4.66. The van der Waals surface area contributed by atoms with Crippen molar-refractivity contribution in [1.82, 2.24) is 0 Å². The van der Waals surface area contributed by atoms with Crippen LogP contribution in [0.4, 0.5) is 8.78 Å². The molecule has 2 aromatic rings. The van der Waals surface area contributed by atoms with E-state index in [0.717, 1.165) is 17.7 Å². The van der Waals surface area contributed by atoms with Crippen molar-refractivity contribution >= 4 is 23.2 Å². The molecule has 2 rings (SSSR count). The molecular formula is C16H14Cl2F2. The van der Waals surface area contributed by atoms with E-state index in [0.29, 0.717) is 12.0 Å². The summed E-state index contributed by atoms with van der Waals surface area (Å²) in [5.41, 5.74) is 3.81. The fourth-order valence-corrected chi connectivity index (χ4v) is 2.72. The van der Waals surface area contributed by atoms with Gasteiger partial charge in [0.25, 0.3) is 0 Å². The minimum atomic E-state index is -0.964. The molecule has 4 heteroatoms. The summed E-state index contributed by atoms with van der Waals surface area (Å²) in [6.45, 7) is 4.05. The highest BCUT2D eigenvalue weighted by Crippen LogP contribution is 2.32. The molecule has 0 aliphatic heterocycles. The van der Waals surface area contributed by atoms with Crippen LogP contribution in [-0.2, 0) is 6.42 Å². The van der Waals surface area contributed by atoms with Gasteiger partial charge in [0.05, 0.1) is 5.38 Å². The Morgan fingerprint density at radius 3 is 2.30 bits per heavy atom. The summed E-state index contributed by atoms with van der Waals surface area (Å²) in [4.78, 5) is 0. The van der Waals surface area contributed by atoms with Crippen LogP contribution in [0.15, 0.2) is 30.3 Å². The Bertz CT molecular complexity index is 639. The summed E-state index contributed by atoms with van der Waals surface area (Å²) >= 11 is 12.2. The van der Waals surface area contributed by atoms with Crippen LogP contribution >= 0.6 is 23.2 Å². The smallest absolute Gasteiger partial charge is 0.160 e. The molecule has 0 N–H and O–H groups in total. The molecule has 1 atom stereocenters. The number of benzene rings is 2. The summed E-state index contributed by atoms with van der Waals surface area (Å²) in [7, 11) is 0. The van der Waals surface area contributed by atoms with E-state index < -0.39 is 17.0 Å². The fourth-order valence-electron chi connectivity index (χ4n) is 2.03. The van der Waals surface area contributed by atoms with E-state index in [4.69, 9.17) is 23.2 Å². The summed E-state index contributed by atoms with van der Waals surface area (Å²) in [5, 5.41) is -0.354. The molecule has 0 saturated heterocycles. The van der Waals surface area contributed by atoms with E-state index in [9.17, 15) is 8.78 Å². The van der Waals surface area contributed by atoms with Crippen LogP contribution in [0.5, 0.6) is 0 Å². The van der Waals surface area contributed by atoms with Crippen LogP contribution in [0.3, 0.4) is 0 Å². The average molecular weight is 315 g/mol. The van der Waals surface area contributed by atoms with E-state index in [-0.39, 0.29) is 5.02 Å². The maximum absolute atomic E-state index is 13.3. The first-order valence-electron chi connectivity index (χ1n) is 6.23. The van der Waals surface area contributed by atoms with E-state index in [1.165, 1.54) is 11.1 Å². The molecule has 20 heavy (non-hydrogen) atoms. The van der Waals surface area contributed by atoms with Gasteiger partial charge in [-0.05, 0) is 54.7 Å².